The van der Waals surface area contributed by atoms with Gasteiger partial charge in [-0.05, 0) is 25.0 Å². The summed E-state index contributed by atoms with van der Waals surface area (Å²) in [4.78, 5) is 22.7. The Kier molecular flexibility index (Phi) is 5.96. The molecule has 4 nitrogen and oxygen atoms in total. The van der Waals surface area contributed by atoms with Crippen LogP contribution in [0, 0.1) is 0 Å². The lowest BCUT2D eigenvalue weighted by molar-refractivity contribution is -0.137. The number of aliphatic hydroxyl groups excluding tert-OH is 1. The Balaban J connectivity index is 2.27. The van der Waals surface area contributed by atoms with E-state index in [0.29, 0.717) is 18.6 Å². The van der Waals surface area contributed by atoms with Gasteiger partial charge in [0, 0.05) is 13.0 Å². The number of hydrogen-bond acceptors (Lipinski definition) is 4. The van der Waals surface area contributed by atoms with Crippen LogP contribution in [0.2, 0.25) is 0 Å². The fraction of sp³-hybridized carbons (Fsp3) is 0.385. The van der Waals surface area contributed by atoms with E-state index in [1.165, 1.54) is 0 Å². The lowest BCUT2D eigenvalue weighted by Crippen LogP contribution is -2.21. The number of ketones is 2. The number of unbranched alkanes of at least 4 members (excludes halogenated alkanes) is 1. The molecule has 0 unspecified atom stereocenters. The quantitative estimate of drug-likeness (QED) is 0.547. The topological polar surface area (TPSA) is 63.6 Å². The van der Waals surface area contributed by atoms with Crippen molar-refractivity contribution >= 4 is 11.6 Å². The monoisotopic (exact) mass is 236 g/mol. The van der Waals surface area contributed by atoms with Crippen LogP contribution < -0.4 is 4.74 Å². The van der Waals surface area contributed by atoms with Gasteiger partial charge in [-0.15, -0.1) is 0 Å². The van der Waals surface area contributed by atoms with Crippen LogP contribution >= 0.6 is 0 Å². The minimum atomic E-state index is -0.521. The number of carbonyl (C=O) groups is 2. The maximum absolute atomic E-state index is 11.4. The minimum absolute atomic E-state index is 0.0436. The molecule has 0 aromatic heterocycles. The first kappa shape index (κ1) is 13.4. The van der Waals surface area contributed by atoms with Gasteiger partial charge in [0.05, 0.1) is 0 Å². The van der Waals surface area contributed by atoms with E-state index in [-0.39, 0.29) is 19.6 Å². The van der Waals surface area contributed by atoms with Gasteiger partial charge in [-0.25, -0.2) is 0 Å². The number of Topliss-reactive ketones (excluding diaryl/α,β-unsaturated/α-hetero) is 2. The predicted octanol–water partition coefficient (Wildman–Crippen LogP) is 1.37. The van der Waals surface area contributed by atoms with Crippen molar-refractivity contribution in [3.63, 3.8) is 0 Å². The molecule has 0 aliphatic heterocycles. The van der Waals surface area contributed by atoms with Gasteiger partial charge < -0.3 is 9.84 Å². The van der Waals surface area contributed by atoms with Gasteiger partial charge in [0.1, 0.15) is 5.75 Å². The van der Waals surface area contributed by atoms with Gasteiger partial charge in [-0.1, -0.05) is 18.2 Å². The first-order valence-electron chi connectivity index (χ1n) is 5.59. The Morgan fingerprint density at radius 3 is 2.41 bits per heavy atom. The highest BCUT2D eigenvalue weighted by atomic mass is 16.5. The third-order valence-electron chi connectivity index (χ3n) is 2.24. The van der Waals surface area contributed by atoms with Crippen LogP contribution in [-0.2, 0) is 9.59 Å². The summed E-state index contributed by atoms with van der Waals surface area (Å²) in [6, 6.07) is 8.88. The molecule has 1 aromatic rings. The van der Waals surface area contributed by atoms with Crippen molar-refractivity contribution in [1.82, 2.24) is 0 Å². The first-order valence-corrected chi connectivity index (χ1v) is 5.59. The zero-order valence-electron chi connectivity index (χ0n) is 9.59. The van der Waals surface area contributed by atoms with Crippen molar-refractivity contribution in [3.05, 3.63) is 30.3 Å². The van der Waals surface area contributed by atoms with Gasteiger partial charge in [-0.3, -0.25) is 9.59 Å². The summed E-state index contributed by atoms with van der Waals surface area (Å²) in [5.41, 5.74) is 0. The zero-order valence-corrected chi connectivity index (χ0v) is 9.59. The Morgan fingerprint density at radius 2 is 1.76 bits per heavy atom. The molecule has 1 N–H and O–H groups in total. The summed E-state index contributed by atoms with van der Waals surface area (Å²) in [7, 11) is 0. The highest BCUT2D eigenvalue weighted by Crippen LogP contribution is 2.08. The Hall–Kier alpha value is -1.68. The number of ether oxygens (including phenoxy) is 1. The second-order valence-corrected chi connectivity index (χ2v) is 3.63. The summed E-state index contributed by atoms with van der Waals surface area (Å²) >= 11 is 0. The summed E-state index contributed by atoms with van der Waals surface area (Å²) < 4.78 is 5.18. The van der Waals surface area contributed by atoms with Crippen LogP contribution in [0.25, 0.3) is 0 Å². The molecule has 92 valence electrons. The maximum atomic E-state index is 11.4. The molecule has 1 aromatic carbocycles. The molecule has 0 saturated heterocycles. The van der Waals surface area contributed by atoms with Gasteiger partial charge in [0.15, 0.2) is 6.61 Å². The van der Waals surface area contributed by atoms with Crippen molar-refractivity contribution in [3.8, 4) is 5.75 Å². The Labute approximate surface area is 100 Å². The zero-order chi connectivity index (χ0) is 12.5. The fourth-order valence-electron chi connectivity index (χ4n) is 1.28. The Bertz CT molecular complexity index is 359. The highest BCUT2D eigenvalue weighted by molar-refractivity contribution is 6.37. The maximum Gasteiger partial charge on any atom is 0.235 e. The molecular weight excluding hydrogens is 220 g/mol. The van der Waals surface area contributed by atoms with Crippen LogP contribution in [0.15, 0.2) is 30.3 Å². The van der Waals surface area contributed by atoms with Crippen molar-refractivity contribution in [1.29, 1.82) is 0 Å². The van der Waals surface area contributed by atoms with Gasteiger partial charge in [0.2, 0.25) is 11.6 Å². The van der Waals surface area contributed by atoms with Crippen LogP contribution in [0.4, 0.5) is 0 Å². The van der Waals surface area contributed by atoms with E-state index >= 15 is 0 Å². The molecular formula is C13H16O4. The van der Waals surface area contributed by atoms with Crippen LogP contribution in [-0.4, -0.2) is 29.9 Å². The average molecular weight is 236 g/mol. The van der Waals surface area contributed by atoms with Gasteiger partial charge in [-0.2, -0.15) is 0 Å². The largest absolute Gasteiger partial charge is 0.485 e. The molecule has 0 atom stereocenters. The average Bonchev–Trinajstić information content (AvgIpc) is 2.37. The SMILES string of the molecule is O=C(CCCCO)C(=O)COc1ccccc1. The summed E-state index contributed by atoms with van der Waals surface area (Å²) in [6.07, 6.45) is 1.25. The van der Waals surface area contributed by atoms with Crippen molar-refractivity contribution in [2.45, 2.75) is 19.3 Å². The number of hydrogen-bond donors (Lipinski definition) is 1. The van der Waals surface area contributed by atoms with E-state index in [9.17, 15) is 9.59 Å². The number of para-hydroxylation sites is 1. The lowest BCUT2D eigenvalue weighted by Gasteiger charge is -2.04. The van der Waals surface area contributed by atoms with Crippen molar-refractivity contribution < 1.29 is 19.4 Å². The second kappa shape index (κ2) is 7.57. The molecule has 0 heterocycles. The van der Waals surface area contributed by atoms with E-state index in [1.54, 1.807) is 24.3 Å². The van der Waals surface area contributed by atoms with Crippen LogP contribution in [0.3, 0.4) is 0 Å². The number of benzene rings is 1. The highest BCUT2D eigenvalue weighted by Gasteiger charge is 2.13. The number of aliphatic hydroxyl groups is 1. The third kappa shape index (κ3) is 5.26. The van der Waals surface area contributed by atoms with Gasteiger partial charge in [0.25, 0.3) is 0 Å². The molecule has 0 aliphatic carbocycles. The lowest BCUT2D eigenvalue weighted by atomic mass is 10.1. The molecule has 0 aliphatic rings. The molecule has 0 fully saturated rings. The normalized spacial score (nSPS) is 9.94. The molecule has 0 amide bonds. The van der Waals surface area contributed by atoms with E-state index in [0.717, 1.165) is 0 Å². The second-order valence-electron chi connectivity index (χ2n) is 3.63. The summed E-state index contributed by atoms with van der Waals surface area (Å²) in [5.74, 6) is -0.384. The van der Waals surface area contributed by atoms with Crippen molar-refractivity contribution in [2.75, 3.05) is 13.2 Å². The van der Waals surface area contributed by atoms with Gasteiger partial charge >= 0.3 is 0 Å². The fourth-order valence-corrected chi connectivity index (χ4v) is 1.28. The van der Waals surface area contributed by atoms with E-state index in [4.69, 9.17) is 9.84 Å². The summed E-state index contributed by atoms with van der Waals surface area (Å²) in [6.45, 7) is -0.177. The van der Waals surface area contributed by atoms with E-state index in [2.05, 4.69) is 0 Å². The van der Waals surface area contributed by atoms with Crippen molar-refractivity contribution in [2.24, 2.45) is 0 Å². The standard InChI is InChI=1S/C13H16O4/c14-9-5-4-8-12(15)13(16)10-17-11-6-2-1-3-7-11/h1-3,6-7,14H,4-5,8-10H2. The van der Waals surface area contributed by atoms with E-state index in [1.807, 2.05) is 6.07 Å². The molecule has 0 radical (unpaired) electrons. The smallest absolute Gasteiger partial charge is 0.235 e. The Morgan fingerprint density at radius 1 is 1.06 bits per heavy atom. The number of carbonyl (C=O) groups excluding carboxylic acids is 2. The number of rotatable bonds is 8. The molecule has 0 bridgehead atoms. The van der Waals surface area contributed by atoms with Crippen LogP contribution in [0.5, 0.6) is 5.75 Å². The molecule has 0 spiro atoms. The third-order valence-corrected chi connectivity index (χ3v) is 2.24. The summed E-state index contributed by atoms with van der Waals surface area (Å²) in [5, 5.41) is 8.55. The predicted molar refractivity (Wildman–Crippen MR) is 62.9 cm³/mol. The molecule has 4 heteroatoms. The van der Waals surface area contributed by atoms with Crippen LogP contribution in [0.1, 0.15) is 19.3 Å². The first-order chi connectivity index (χ1) is 8.24. The molecule has 1 rings (SSSR count). The minimum Gasteiger partial charge on any atom is -0.485 e. The van der Waals surface area contributed by atoms with E-state index < -0.39 is 11.6 Å². The molecule has 17 heavy (non-hydrogen) atoms. The molecule has 0 saturated carbocycles.